The fraction of sp³-hybridized carbons (Fsp3) is 0.435. The van der Waals surface area contributed by atoms with Crippen LogP contribution in [-0.4, -0.2) is 59.7 Å². The second kappa shape index (κ2) is 10.9. The van der Waals surface area contributed by atoms with Crippen LogP contribution in [-0.2, 0) is 16.0 Å². The summed E-state index contributed by atoms with van der Waals surface area (Å²) >= 11 is 6.41. The third-order valence-corrected chi connectivity index (χ3v) is 5.70. The number of hydrogen-bond acceptors (Lipinski definition) is 7. The molecule has 1 aliphatic rings. The highest BCUT2D eigenvalue weighted by Gasteiger charge is 2.43. The van der Waals surface area contributed by atoms with Gasteiger partial charge in [-0.1, -0.05) is 47.9 Å². The Bertz CT molecular complexity index is 873. The molecule has 1 fully saturated rings. The summed E-state index contributed by atoms with van der Waals surface area (Å²) in [5.41, 5.74) is 2.60. The van der Waals surface area contributed by atoms with Crippen LogP contribution in [0.25, 0.3) is 0 Å². The molecule has 1 heterocycles. The molecule has 168 valence electrons. The van der Waals surface area contributed by atoms with E-state index in [0.29, 0.717) is 35.8 Å². The molecule has 31 heavy (non-hydrogen) atoms. The van der Waals surface area contributed by atoms with E-state index in [-0.39, 0.29) is 0 Å². The SMILES string of the molecule is CC[C@H]1O[C@@H](c2ccc(Cl)c(Cc3ccc(OCC=NOC)cc3)c2)[C@H](O)[C@@H](O)[C@@H]1O. The topological polar surface area (TPSA) is 101 Å². The minimum absolute atomic E-state index is 0.310. The Labute approximate surface area is 186 Å². The van der Waals surface area contributed by atoms with Gasteiger partial charge in [0.05, 0.1) is 12.3 Å². The smallest absolute Gasteiger partial charge is 0.127 e. The van der Waals surface area contributed by atoms with Crippen LogP contribution in [0.2, 0.25) is 5.02 Å². The molecule has 0 spiro atoms. The van der Waals surface area contributed by atoms with Crippen molar-refractivity contribution in [1.29, 1.82) is 0 Å². The lowest BCUT2D eigenvalue weighted by molar-refractivity contribution is -0.225. The standard InChI is InChI=1S/C23H28ClNO6/c1-3-19-20(26)21(27)22(28)23(31-19)15-6-9-18(24)16(13-15)12-14-4-7-17(8-5-14)30-11-10-25-29-2/h4-10,13,19-23,26-28H,3,11-12H2,1-2H3/t19-,20-,21+,22-,23+/m1/s1. The second-order valence-electron chi connectivity index (χ2n) is 7.43. The van der Waals surface area contributed by atoms with Crippen LogP contribution < -0.4 is 4.74 Å². The van der Waals surface area contributed by atoms with Crippen molar-refractivity contribution < 1.29 is 29.6 Å². The first-order chi connectivity index (χ1) is 14.9. The van der Waals surface area contributed by atoms with Crippen LogP contribution in [0.3, 0.4) is 0 Å². The molecular formula is C23H28ClNO6. The maximum Gasteiger partial charge on any atom is 0.127 e. The molecule has 2 aromatic carbocycles. The summed E-state index contributed by atoms with van der Waals surface area (Å²) in [7, 11) is 1.47. The Balaban J connectivity index is 1.73. The molecule has 3 rings (SSSR count). The van der Waals surface area contributed by atoms with E-state index < -0.39 is 30.5 Å². The zero-order valence-corrected chi connectivity index (χ0v) is 18.3. The third kappa shape index (κ3) is 5.75. The molecule has 5 atom stereocenters. The number of aliphatic hydroxyl groups is 3. The molecule has 0 saturated carbocycles. The second-order valence-corrected chi connectivity index (χ2v) is 7.84. The Kier molecular flexibility index (Phi) is 8.28. The van der Waals surface area contributed by atoms with Crippen LogP contribution >= 0.6 is 11.6 Å². The fourth-order valence-electron chi connectivity index (χ4n) is 3.63. The van der Waals surface area contributed by atoms with E-state index in [4.69, 9.17) is 21.1 Å². The van der Waals surface area contributed by atoms with E-state index in [1.54, 1.807) is 12.1 Å². The first-order valence-electron chi connectivity index (χ1n) is 10.2. The van der Waals surface area contributed by atoms with Crippen LogP contribution in [0.15, 0.2) is 47.6 Å². The molecule has 8 heteroatoms. The van der Waals surface area contributed by atoms with Gasteiger partial charge in [0.1, 0.15) is 43.9 Å². The Hall–Kier alpha value is -2.16. The van der Waals surface area contributed by atoms with Gasteiger partial charge < -0.3 is 29.6 Å². The summed E-state index contributed by atoms with van der Waals surface area (Å²) in [6.45, 7) is 2.17. The highest BCUT2D eigenvalue weighted by atomic mass is 35.5. The first kappa shape index (κ1) is 23.5. The summed E-state index contributed by atoms with van der Waals surface area (Å²) in [5, 5.41) is 35.0. The lowest BCUT2D eigenvalue weighted by atomic mass is 9.89. The van der Waals surface area contributed by atoms with Crippen LogP contribution in [0.5, 0.6) is 5.75 Å². The maximum atomic E-state index is 10.5. The molecule has 2 aromatic rings. The molecule has 7 nitrogen and oxygen atoms in total. The minimum Gasteiger partial charge on any atom is -0.488 e. The number of nitrogens with zero attached hydrogens (tertiary/aromatic N) is 1. The van der Waals surface area contributed by atoms with Crippen molar-refractivity contribution in [2.45, 2.75) is 50.3 Å². The van der Waals surface area contributed by atoms with Gasteiger partial charge in [-0.3, -0.25) is 0 Å². The predicted molar refractivity (Wildman–Crippen MR) is 118 cm³/mol. The Morgan fingerprint density at radius 1 is 1.06 bits per heavy atom. The monoisotopic (exact) mass is 449 g/mol. The maximum absolute atomic E-state index is 10.5. The van der Waals surface area contributed by atoms with Crippen molar-refractivity contribution in [3.8, 4) is 5.75 Å². The van der Waals surface area contributed by atoms with Crippen molar-refractivity contribution >= 4 is 17.8 Å². The van der Waals surface area contributed by atoms with Crippen LogP contribution in [0.4, 0.5) is 0 Å². The third-order valence-electron chi connectivity index (χ3n) is 5.34. The summed E-state index contributed by atoms with van der Waals surface area (Å²) in [6.07, 6.45) is -2.30. The van der Waals surface area contributed by atoms with Gasteiger partial charge in [0.25, 0.3) is 0 Å². The largest absolute Gasteiger partial charge is 0.488 e. The number of rotatable bonds is 8. The molecule has 3 N–H and O–H groups in total. The molecule has 0 bridgehead atoms. The molecule has 0 unspecified atom stereocenters. The van der Waals surface area contributed by atoms with Gasteiger partial charge in [0, 0.05) is 5.02 Å². The van der Waals surface area contributed by atoms with E-state index in [1.165, 1.54) is 13.3 Å². The number of benzene rings is 2. The van der Waals surface area contributed by atoms with Crippen LogP contribution in [0.1, 0.15) is 36.1 Å². The highest BCUT2D eigenvalue weighted by Crippen LogP contribution is 2.35. The van der Waals surface area contributed by atoms with E-state index in [0.717, 1.165) is 11.1 Å². The van der Waals surface area contributed by atoms with Gasteiger partial charge in [0.2, 0.25) is 0 Å². The summed E-state index contributed by atoms with van der Waals surface area (Å²) in [6, 6.07) is 13.0. The van der Waals surface area contributed by atoms with Gasteiger partial charge in [-0.05, 0) is 47.7 Å². The fourth-order valence-corrected chi connectivity index (χ4v) is 3.82. The molecule has 1 saturated heterocycles. The number of ether oxygens (including phenoxy) is 2. The molecular weight excluding hydrogens is 422 g/mol. The average Bonchev–Trinajstić information content (AvgIpc) is 2.78. The highest BCUT2D eigenvalue weighted by molar-refractivity contribution is 6.31. The van der Waals surface area contributed by atoms with Crippen molar-refractivity contribution in [2.75, 3.05) is 13.7 Å². The number of aliphatic hydroxyl groups excluding tert-OH is 3. The van der Waals surface area contributed by atoms with Gasteiger partial charge >= 0.3 is 0 Å². The summed E-state index contributed by atoms with van der Waals surface area (Å²) in [5.74, 6) is 0.711. The lowest BCUT2D eigenvalue weighted by Gasteiger charge is -2.40. The quantitative estimate of drug-likeness (QED) is 0.423. The molecule has 0 aromatic heterocycles. The van der Waals surface area contributed by atoms with Crippen molar-refractivity contribution in [3.63, 3.8) is 0 Å². The van der Waals surface area contributed by atoms with E-state index in [2.05, 4.69) is 9.99 Å². The zero-order chi connectivity index (χ0) is 22.4. The summed E-state index contributed by atoms with van der Waals surface area (Å²) in [4.78, 5) is 4.59. The zero-order valence-electron chi connectivity index (χ0n) is 17.5. The van der Waals surface area contributed by atoms with Gasteiger partial charge in [-0.2, -0.15) is 0 Å². The van der Waals surface area contributed by atoms with E-state index >= 15 is 0 Å². The molecule has 0 radical (unpaired) electrons. The Morgan fingerprint density at radius 3 is 2.48 bits per heavy atom. The summed E-state index contributed by atoms with van der Waals surface area (Å²) < 4.78 is 11.4. The minimum atomic E-state index is -1.27. The number of hydrogen-bond donors (Lipinski definition) is 3. The molecule has 1 aliphatic heterocycles. The number of oxime groups is 1. The molecule has 0 amide bonds. The first-order valence-corrected chi connectivity index (χ1v) is 10.6. The average molecular weight is 450 g/mol. The lowest BCUT2D eigenvalue weighted by Crippen LogP contribution is -2.53. The van der Waals surface area contributed by atoms with Crippen molar-refractivity contribution in [2.24, 2.45) is 5.16 Å². The van der Waals surface area contributed by atoms with Gasteiger partial charge in [0.15, 0.2) is 0 Å². The molecule has 0 aliphatic carbocycles. The van der Waals surface area contributed by atoms with Crippen molar-refractivity contribution in [3.05, 3.63) is 64.2 Å². The number of halogens is 1. The van der Waals surface area contributed by atoms with E-state index in [9.17, 15) is 15.3 Å². The Morgan fingerprint density at radius 2 is 1.81 bits per heavy atom. The predicted octanol–water partition coefficient (Wildman–Crippen LogP) is 2.87. The van der Waals surface area contributed by atoms with Crippen molar-refractivity contribution in [1.82, 2.24) is 0 Å². The van der Waals surface area contributed by atoms with Gasteiger partial charge in [-0.25, -0.2) is 0 Å². The van der Waals surface area contributed by atoms with Gasteiger partial charge in [-0.15, -0.1) is 0 Å². The van der Waals surface area contributed by atoms with E-state index in [1.807, 2.05) is 37.3 Å². The van der Waals surface area contributed by atoms with Crippen LogP contribution in [0, 0.1) is 0 Å². The normalized spacial score (nSPS) is 26.2.